The molecule has 2 heteroatoms. The van der Waals surface area contributed by atoms with Gasteiger partial charge in [0.05, 0.1) is 5.56 Å². The van der Waals surface area contributed by atoms with Gasteiger partial charge in [-0.25, -0.2) is 0 Å². The lowest BCUT2D eigenvalue weighted by molar-refractivity contribution is 0.0910. The lowest BCUT2D eigenvalue weighted by Crippen LogP contribution is -2.17. The van der Waals surface area contributed by atoms with E-state index in [-0.39, 0.29) is 0 Å². The van der Waals surface area contributed by atoms with Crippen molar-refractivity contribution in [3.8, 4) is 0 Å². The van der Waals surface area contributed by atoms with Crippen molar-refractivity contribution in [3.63, 3.8) is 0 Å². The summed E-state index contributed by atoms with van der Waals surface area (Å²) in [5.41, 5.74) is 0.887. The molecular formula is C13H16O2. The van der Waals surface area contributed by atoms with E-state index in [0.717, 1.165) is 36.3 Å². The summed E-state index contributed by atoms with van der Waals surface area (Å²) in [5.74, 6) is 3.48. The summed E-state index contributed by atoms with van der Waals surface area (Å²) in [7, 11) is 0. The number of rotatable bonds is 1. The largest absolute Gasteiger partial charge is 0.465 e. The minimum Gasteiger partial charge on any atom is -0.465 e. The average molecular weight is 204 g/mol. The van der Waals surface area contributed by atoms with Gasteiger partial charge in [-0.3, -0.25) is 4.79 Å². The predicted octanol–water partition coefficient (Wildman–Crippen LogP) is 3.48. The van der Waals surface area contributed by atoms with Crippen LogP contribution in [0.1, 0.15) is 66.8 Å². The molecule has 1 saturated carbocycles. The summed E-state index contributed by atoms with van der Waals surface area (Å²) in [6.07, 6.45) is 3.22. The van der Waals surface area contributed by atoms with Gasteiger partial charge in [0, 0.05) is 17.8 Å². The first-order chi connectivity index (χ1) is 7.16. The molecule has 0 aromatic carbocycles. The Balaban J connectivity index is 2.10. The zero-order valence-electron chi connectivity index (χ0n) is 9.25. The van der Waals surface area contributed by atoms with Gasteiger partial charge in [0.2, 0.25) is 0 Å². The molecule has 80 valence electrons. The number of hydrogen-bond donors (Lipinski definition) is 0. The van der Waals surface area contributed by atoms with E-state index < -0.39 is 0 Å². The van der Waals surface area contributed by atoms with Gasteiger partial charge in [-0.2, -0.15) is 0 Å². The van der Waals surface area contributed by atoms with E-state index in [1.54, 1.807) is 0 Å². The first-order valence-corrected chi connectivity index (χ1v) is 5.84. The van der Waals surface area contributed by atoms with Crippen LogP contribution in [0.5, 0.6) is 0 Å². The first-order valence-electron chi connectivity index (χ1n) is 5.84. The normalized spacial score (nSPS) is 28.6. The molecule has 0 aliphatic heterocycles. The molecular weight excluding hydrogens is 188 g/mol. The topological polar surface area (TPSA) is 30.2 Å². The number of ketones is 1. The van der Waals surface area contributed by atoms with Crippen LogP contribution in [-0.2, 0) is 0 Å². The van der Waals surface area contributed by atoms with Gasteiger partial charge in [-0.1, -0.05) is 13.8 Å². The van der Waals surface area contributed by atoms with E-state index in [4.69, 9.17) is 4.42 Å². The van der Waals surface area contributed by atoms with Gasteiger partial charge in [-0.05, 0) is 25.3 Å². The minimum absolute atomic E-state index is 0.292. The maximum Gasteiger partial charge on any atom is 0.169 e. The quantitative estimate of drug-likeness (QED) is 0.701. The van der Waals surface area contributed by atoms with E-state index in [9.17, 15) is 4.79 Å². The summed E-state index contributed by atoms with van der Waals surface area (Å²) in [4.78, 5) is 12.1. The first kappa shape index (κ1) is 9.20. The molecule has 15 heavy (non-hydrogen) atoms. The van der Waals surface area contributed by atoms with E-state index in [0.29, 0.717) is 23.5 Å². The van der Waals surface area contributed by atoms with E-state index in [1.165, 1.54) is 0 Å². The van der Waals surface area contributed by atoms with Crippen LogP contribution in [0.3, 0.4) is 0 Å². The molecule has 2 aliphatic rings. The van der Waals surface area contributed by atoms with Crippen LogP contribution in [0, 0.1) is 5.92 Å². The van der Waals surface area contributed by atoms with Gasteiger partial charge in [0.15, 0.2) is 5.78 Å². The molecule has 2 nitrogen and oxygen atoms in total. The average Bonchev–Trinajstić information content (AvgIpc) is 2.81. The Hall–Kier alpha value is -1.05. The lowest BCUT2D eigenvalue weighted by Gasteiger charge is -2.15. The Morgan fingerprint density at radius 3 is 2.80 bits per heavy atom. The van der Waals surface area contributed by atoms with Crippen molar-refractivity contribution in [2.45, 2.75) is 44.9 Å². The number of Topliss-reactive ketones (excluding diaryl/α,β-unsaturated/α-hetero) is 1. The van der Waals surface area contributed by atoms with E-state index in [1.807, 2.05) is 6.07 Å². The molecule has 2 unspecified atom stereocenters. The van der Waals surface area contributed by atoms with Crippen LogP contribution in [0.4, 0.5) is 0 Å². The Labute approximate surface area is 89.7 Å². The van der Waals surface area contributed by atoms with Gasteiger partial charge < -0.3 is 4.42 Å². The Morgan fingerprint density at radius 2 is 2.07 bits per heavy atom. The monoisotopic (exact) mass is 204 g/mol. The van der Waals surface area contributed by atoms with Gasteiger partial charge in [-0.15, -0.1) is 0 Å². The standard InChI is InChI=1S/C13H16O2/c1-7(2)11-6-10-12(14)8-3-4-9(5-8)13(10)15-11/h6-9H,3-5H2,1-2H3. The minimum atomic E-state index is 0.292. The molecule has 3 rings (SSSR count). The van der Waals surface area contributed by atoms with Crippen LogP contribution >= 0.6 is 0 Å². The second kappa shape index (κ2) is 2.97. The number of fused-ring (bicyclic) bond motifs is 4. The number of hydrogen-bond acceptors (Lipinski definition) is 2. The second-order valence-corrected chi connectivity index (χ2v) is 5.15. The summed E-state index contributed by atoms with van der Waals surface area (Å²) in [5, 5.41) is 0. The van der Waals surface area contributed by atoms with E-state index in [2.05, 4.69) is 13.8 Å². The second-order valence-electron chi connectivity index (χ2n) is 5.15. The fourth-order valence-corrected chi connectivity index (χ4v) is 2.88. The molecule has 2 aliphatic carbocycles. The van der Waals surface area contributed by atoms with Crippen molar-refractivity contribution in [2.75, 3.05) is 0 Å². The van der Waals surface area contributed by atoms with Gasteiger partial charge in [0.25, 0.3) is 0 Å². The molecule has 1 fully saturated rings. The maximum atomic E-state index is 12.1. The number of carbonyl (C=O) groups excluding carboxylic acids is 1. The van der Waals surface area contributed by atoms with Crippen LogP contribution in [0.25, 0.3) is 0 Å². The highest BCUT2D eigenvalue weighted by Crippen LogP contribution is 2.47. The molecule has 1 heterocycles. The molecule has 0 saturated heterocycles. The van der Waals surface area contributed by atoms with Crippen molar-refractivity contribution in [3.05, 3.63) is 23.2 Å². The molecule has 0 amide bonds. The predicted molar refractivity (Wildman–Crippen MR) is 57.2 cm³/mol. The van der Waals surface area contributed by atoms with Crippen LogP contribution in [0.2, 0.25) is 0 Å². The van der Waals surface area contributed by atoms with Gasteiger partial charge in [0.1, 0.15) is 11.5 Å². The third-order valence-corrected chi connectivity index (χ3v) is 3.79. The van der Waals surface area contributed by atoms with Crippen molar-refractivity contribution < 1.29 is 9.21 Å². The number of carbonyl (C=O) groups is 1. The van der Waals surface area contributed by atoms with Crippen molar-refractivity contribution in [1.82, 2.24) is 0 Å². The zero-order valence-corrected chi connectivity index (χ0v) is 9.25. The molecule has 2 atom stereocenters. The third-order valence-electron chi connectivity index (χ3n) is 3.79. The van der Waals surface area contributed by atoms with E-state index >= 15 is 0 Å². The summed E-state index contributed by atoms with van der Waals surface area (Å²) >= 11 is 0. The van der Waals surface area contributed by atoms with Crippen LogP contribution in [-0.4, -0.2) is 5.78 Å². The molecule has 0 N–H and O–H groups in total. The summed E-state index contributed by atoms with van der Waals surface area (Å²) < 4.78 is 5.85. The highest BCUT2D eigenvalue weighted by molar-refractivity contribution is 6.00. The van der Waals surface area contributed by atoms with Crippen molar-refractivity contribution in [1.29, 1.82) is 0 Å². The molecule has 0 radical (unpaired) electrons. The maximum absolute atomic E-state index is 12.1. The Morgan fingerprint density at radius 1 is 1.33 bits per heavy atom. The Kier molecular flexibility index (Phi) is 1.82. The van der Waals surface area contributed by atoms with Crippen molar-refractivity contribution in [2.24, 2.45) is 5.92 Å². The fraction of sp³-hybridized carbons (Fsp3) is 0.615. The highest BCUT2D eigenvalue weighted by Gasteiger charge is 2.41. The highest BCUT2D eigenvalue weighted by atomic mass is 16.3. The molecule has 1 aromatic rings. The zero-order chi connectivity index (χ0) is 10.6. The Bertz CT molecular complexity index is 414. The lowest BCUT2D eigenvalue weighted by atomic mass is 9.87. The van der Waals surface area contributed by atoms with Crippen LogP contribution in [0.15, 0.2) is 10.5 Å². The van der Waals surface area contributed by atoms with Gasteiger partial charge >= 0.3 is 0 Å². The molecule has 0 spiro atoms. The SMILES string of the molecule is CC(C)c1cc2c(o1)C1CCC(C1)C2=O. The van der Waals surface area contributed by atoms with Crippen molar-refractivity contribution >= 4 is 5.78 Å². The summed E-state index contributed by atoms with van der Waals surface area (Å²) in [6, 6.07) is 1.98. The van der Waals surface area contributed by atoms with Crippen LogP contribution < -0.4 is 0 Å². The molecule has 2 bridgehead atoms. The summed E-state index contributed by atoms with van der Waals surface area (Å²) in [6.45, 7) is 4.21. The third kappa shape index (κ3) is 1.20. The smallest absolute Gasteiger partial charge is 0.169 e. The number of furan rings is 1. The molecule has 1 aromatic heterocycles. The fourth-order valence-electron chi connectivity index (χ4n) is 2.88.